The lowest BCUT2D eigenvalue weighted by atomic mass is 10.0. The van der Waals surface area contributed by atoms with Gasteiger partial charge in [-0.3, -0.25) is 4.79 Å². The number of nitrogens with two attached hydrogens (primary N) is 1. The molecule has 0 bridgehead atoms. The summed E-state index contributed by atoms with van der Waals surface area (Å²) in [7, 11) is 0. The van der Waals surface area contributed by atoms with Gasteiger partial charge in [-0.15, -0.1) is 13.2 Å². The first kappa shape index (κ1) is 14.9. The molecule has 0 unspecified atom stereocenters. The normalized spacial score (nSPS) is 11.6. The molecule has 0 fully saturated rings. The maximum atomic E-state index is 12.3. The van der Waals surface area contributed by atoms with Gasteiger partial charge in [-0.05, 0) is 35.4 Å². The molecule has 3 N–H and O–H groups in total. The highest BCUT2D eigenvalue weighted by atomic mass is 19.4. The van der Waals surface area contributed by atoms with Crippen LogP contribution in [0.1, 0.15) is 10.6 Å². The monoisotopic (exact) mass is 321 g/mol. The third-order valence-electron chi connectivity index (χ3n) is 3.12. The SMILES string of the molecule is NC(=O)c1nc2ccc(-c3cccc(OC(F)(F)F)c3)cc2[nH]1. The Kier molecular flexibility index (Phi) is 3.44. The van der Waals surface area contributed by atoms with Crippen molar-refractivity contribution in [3.63, 3.8) is 0 Å². The Morgan fingerprint density at radius 3 is 2.57 bits per heavy atom. The summed E-state index contributed by atoms with van der Waals surface area (Å²) in [6.45, 7) is 0. The van der Waals surface area contributed by atoms with E-state index in [1.165, 1.54) is 18.2 Å². The van der Waals surface area contributed by atoms with Gasteiger partial charge in [0.2, 0.25) is 0 Å². The summed E-state index contributed by atoms with van der Waals surface area (Å²) in [4.78, 5) is 17.9. The van der Waals surface area contributed by atoms with Gasteiger partial charge in [0, 0.05) is 0 Å². The summed E-state index contributed by atoms with van der Waals surface area (Å²) in [5.41, 5.74) is 7.41. The third-order valence-corrected chi connectivity index (χ3v) is 3.12. The van der Waals surface area contributed by atoms with Gasteiger partial charge in [-0.2, -0.15) is 0 Å². The molecular formula is C15H10F3N3O2. The average Bonchev–Trinajstić information content (AvgIpc) is 2.89. The van der Waals surface area contributed by atoms with Crippen molar-refractivity contribution in [3.8, 4) is 16.9 Å². The van der Waals surface area contributed by atoms with Crippen LogP contribution in [0.4, 0.5) is 13.2 Å². The van der Waals surface area contributed by atoms with Crippen LogP contribution in [0.25, 0.3) is 22.2 Å². The van der Waals surface area contributed by atoms with E-state index in [0.29, 0.717) is 22.2 Å². The molecule has 8 heteroatoms. The van der Waals surface area contributed by atoms with Crippen molar-refractivity contribution < 1.29 is 22.7 Å². The molecule has 23 heavy (non-hydrogen) atoms. The number of imidazole rings is 1. The zero-order valence-corrected chi connectivity index (χ0v) is 11.5. The second-order valence-electron chi connectivity index (χ2n) is 4.76. The van der Waals surface area contributed by atoms with Gasteiger partial charge < -0.3 is 15.5 Å². The molecule has 2 aromatic carbocycles. The fourth-order valence-electron chi connectivity index (χ4n) is 2.18. The van der Waals surface area contributed by atoms with Gasteiger partial charge in [0.25, 0.3) is 5.91 Å². The number of benzene rings is 2. The fourth-order valence-corrected chi connectivity index (χ4v) is 2.18. The number of aromatic amines is 1. The first-order valence-electron chi connectivity index (χ1n) is 6.47. The molecule has 0 aliphatic heterocycles. The van der Waals surface area contributed by atoms with E-state index in [1.54, 1.807) is 24.3 Å². The van der Waals surface area contributed by atoms with Crippen LogP contribution in [0.3, 0.4) is 0 Å². The predicted octanol–water partition coefficient (Wildman–Crippen LogP) is 3.23. The minimum atomic E-state index is -4.75. The topological polar surface area (TPSA) is 81.0 Å². The van der Waals surface area contributed by atoms with Crippen molar-refractivity contribution in [2.45, 2.75) is 6.36 Å². The van der Waals surface area contributed by atoms with Crippen LogP contribution in [-0.4, -0.2) is 22.2 Å². The van der Waals surface area contributed by atoms with Crippen LogP contribution >= 0.6 is 0 Å². The molecule has 3 aromatic rings. The number of amides is 1. The number of nitrogens with zero attached hydrogens (tertiary/aromatic N) is 1. The van der Waals surface area contributed by atoms with Gasteiger partial charge in [-0.1, -0.05) is 18.2 Å². The molecule has 118 valence electrons. The number of halogens is 3. The summed E-state index contributed by atoms with van der Waals surface area (Å²) in [5, 5.41) is 0. The van der Waals surface area contributed by atoms with Crippen LogP contribution in [-0.2, 0) is 0 Å². The number of carbonyl (C=O) groups excluding carboxylic acids is 1. The van der Waals surface area contributed by atoms with E-state index in [1.807, 2.05) is 0 Å². The first-order valence-corrected chi connectivity index (χ1v) is 6.47. The minimum absolute atomic E-state index is 0.0197. The fraction of sp³-hybridized carbons (Fsp3) is 0.0667. The molecular weight excluding hydrogens is 311 g/mol. The quantitative estimate of drug-likeness (QED) is 0.777. The number of alkyl halides is 3. The van der Waals surface area contributed by atoms with Crippen molar-refractivity contribution in [1.29, 1.82) is 0 Å². The Morgan fingerprint density at radius 2 is 1.87 bits per heavy atom. The van der Waals surface area contributed by atoms with Crippen molar-refractivity contribution >= 4 is 16.9 Å². The van der Waals surface area contributed by atoms with Crippen LogP contribution in [0.15, 0.2) is 42.5 Å². The van der Waals surface area contributed by atoms with Crippen LogP contribution in [0.5, 0.6) is 5.75 Å². The molecule has 0 saturated carbocycles. The molecule has 0 aliphatic carbocycles. The lowest BCUT2D eigenvalue weighted by Gasteiger charge is -2.10. The number of ether oxygens (including phenoxy) is 1. The maximum absolute atomic E-state index is 12.3. The van der Waals surface area contributed by atoms with E-state index in [-0.39, 0.29) is 11.6 Å². The van der Waals surface area contributed by atoms with E-state index < -0.39 is 12.3 Å². The van der Waals surface area contributed by atoms with Crippen molar-refractivity contribution in [2.24, 2.45) is 5.73 Å². The summed E-state index contributed by atoms with van der Waals surface area (Å²) in [6, 6.07) is 10.6. The second-order valence-corrected chi connectivity index (χ2v) is 4.76. The molecule has 0 aliphatic rings. The van der Waals surface area contributed by atoms with E-state index >= 15 is 0 Å². The van der Waals surface area contributed by atoms with E-state index in [4.69, 9.17) is 5.73 Å². The Morgan fingerprint density at radius 1 is 1.13 bits per heavy atom. The molecule has 5 nitrogen and oxygen atoms in total. The van der Waals surface area contributed by atoms with Crippen molar-refractivity contribution in [2.75, 3.05) is 0 Å². The highest BCUT2D eigenvalue weighted by Gasteiger charge is 2.31. The zero-order valence-electron chi connectivity index (χ0n) is 11.5. The van der Waals surface area contributed by atoms with Gasteiger partial charge in [0.1, 0.15) is 5.75 Å². The largest absolute Gasteiger partial charge is 0.573 e. The average molecular weight is 321 g/mol. The number of H-pyrrole nitrogens is 1. The smallest absolute Gasteiger partial charge is 0.406 e. The molecule has 1 aromatic heterocycles. The number of primary amides is 1. The second kappa shape index (κ2) is 5.31. The lowest BCUT2D eigenvalue weighted by Crippen LogP contribution is -2.17. The highest BCUT2D eigenvalue weighted by Crippen LogP contribution is 2.29. The summed E-state index contributed by atoms with van der Waals surface area (Å²) in [6.07, 6.45) is -4.75. The maximum Gasteiger partial charge on any atom is 0.573 e. The van der Waals surface area contributed by atoms with Crippen molar-refractivity contribution in [1.82, 2.24) is 9.97 Å². The number of carbonyl (C=O) groups is 1. The standard InChI is InChI=1S/C15H10F3N3O2/c16-15(17,18)23-10-3-1-2-8(6-10)9-4-5-11-12(7-9)21-14(20-11)13(19)22/h1-7H,(H2,19,22)(H,20,21). The van der Waals surface area contributed by atoms with Gasteiger partial charge >= 0.3 is 6.36 Å². The molecule has 3 rings (SSSR count). The number of hydrogen-bond donors (Lipinski definition) is 2. The van der Waals surface area contributed by atoms with Crippen LogP contribution in [0, 0.1) is 0 Å². The number of hydrogen-bond acceptors (Lipinski definition) is 3. The highest BCUT2D eigenvalue weighted by molar-refractivity contribution is 5.93. The summed E-state index contributed by atoms with van der Waals surface area (Å²) < 4.78 is 40.8. The number of aromatic nitrogens is 2. The van der Waals surface area contributed by atoms with Crippen molar-refractivity contribution in [3.05, 3.63) is 48.3 Å². The predicted molar refractivity (Wildman–Crippen MR) is 76.7 cm³/mol. The molecule has 0 spiro atoms. The summed E-state index contributed by atoms with van der Waals surface area (Å²) in [5.74, 6) is -0.979. The first-order chi connectivity index (χ1) is 10.8. The Labute approximate surface area is 127 Å². The lowest BCUT2D eigenvalue weighted by molar-refractivity contribution is -0.274. The van der Waals surface area contributed by atoms with Gasteiger partial charge in [0.05, 0.1) is 11.0 Å². The zero-order chi connectivity index (χ0) is 16.6. The minimum Gasteiger partial charge on any atom is -0.406 e. The van der Waals surface area contributed by atoms with Gasteiger partial charge in [-0.25, -0.2) is 4.98 Å². The van der Waals surface area contributed by atoms with Crippen LogP contribution < -0.4 is 10.5 Å². The molecule has 0 atom stereocenters. The summed E-state index contributed by atoms with van der Waals surface area (Å²) >= 11 is 0. The van der Waals surface area contributed by atoms with E-state index in [0.717, 1.165) is 0 Å². The molecule has 1 amide bonds. The Hall–Kier alpha value is -3.03. The van der Waals surface area contributed by atoms with E-state index in [2.05, 4.69) is 14.7 Å². The third kappa shape index (κ3) is 3.25. The van der Waals surface area contributed by atoms with E-state index in [9.17, 15) is 18.0 Å². The number of fused-ring (bicyclic) bond motifs is 1. The molecule has 0 radical (unpaired) electrons. The van der Waals surface area contributed by atoms with Crippen LogP contribution in [0.2, 0.25) is 0 Å². The number of rotatable bonds is 3. The Bertz CT molecular complexity index is 887. The number of nitrogens with one attached hydrogen (secondary N) is 1. The Balaban J connectivity index is 1.99. The molecule has 0 saturated heterocycles. The molecule has 1 heterocycles. The van der Waals surface area contributed by atoms with Gasteiger partial charge in [0.15, 0.2) is 5.82 Å².